The molecule has 1 aliphatic rings. The van der Waals surface area contributed by atoms with Gasteiger partial charge in [0.15, 0.2) is 5.96 Å². The fourth-order valence-electron chi connectivity index (χ4n) is 2.78. The van der Waals surface area contributed by atoms with Crippen molar-refractivity contribution in [2.24, 2.45) is 10.9 Å². The number of nitrogens with one attached hydrogen (secondary N) is 2. The zero-order valence-corrected chi connectivity index (χ0v) is 14.8. The summed E-state index contributed by atoms with van der Waals surface area (Å²) < 4.78 is 2.16. The zero-order chi connectivity index (χ0) is 16.9. The van der Waals surface area contributed by atoms with E-state index in [9.17, 15) is 0 Å². The van der Waals surface area contributed by atoms with Crippen LogP contribution >= 0.6 is 0 Å². The monoisotopic (exact) mass is 325 g/mol. The van der Waals surface area contributed by atoms with Crippen LogP contribution in [0.5, 0.6) is 0 Å². The van der Waals surface area contributed by atoms with Gasteiger partial charge in [-0.05, 0) is 37.3 Å². The predicted octanol–water partition coefficient (Wildman–Crippen LogP) is 2.70. The maximum Gasteiger partial charge on any atom is 0.191 e. The zero-order valence-electron chi connectivity index (χ0n) is 14.8. The van der Waals surface area contributed by atoms with E-state index < -0.39 is 0 Å². The van der Waals surface area contributed by atoms with Gasteiger partial charge in [-0.1, -0.05) is 31.2 Å². The first-order valence-corrected chi connectivity index (χ1v) is 8.76. The highest BCUT2D eigenvalue weighted by atomic mass is 15.2. The molecule has 2 atom stereocenters. The molecule has 128 valence electrons. The van der Waals surface area contributed by atoms with Gasteiger partial charge >= 0.3 is 0 Å². The summed E-state index contributed by atoms with van der Waals surface area (Å²) in [7, 11) is 0. The second-order valence-corrected chi connectivity index (χ2v) is 6.58. The number of guanidine groups is 1. The number of aryl methyl sites for hydroxylation is 1. The molecule has 2 unspecified atom stereocenters. The second kappa shape index (κ2) is 7.51. The maximum atomic E-state index is 4.73. The summed E-state index contributed by atoms with van der Waals surface area (Å²) in [4.78, 5) is 9.01. The van der Waals surface area contributed by atoms with Crippen LogP contribution in [-0.2, 0) is 13.1 Å². The summed E-state index contributed by atoms with van der Waals surface area (Å²) in [5, 5.41) is 6.83. The molecule has 0 aliphatic heterocycles. The highest BCUT2D eigenvalue weighted by Gasteiger charge is 2.33. The van der Waals surface area contributed by atoms with Crippen molar-refractivity contribution in [3.8, 4) is 0 Å². The van der Waals surface area contributed by atoms with Crippen LogP contribution in [0.25, 0.3) is 0 Å². The molecule has 1 aromatic carbocycles. The fraction of sp³-hybridized carbons (Fsp3) is 0.474. The SMILES string of the molecule is CCNC(=NCc1cccc(Cn2ccnc2C)c1)NC1CC1C. The van der Waals surface area contributed by atoms with Gasteiger partial charge in [-0.25, -0.2) is 9.98 Å². The average Bonchev–Trinajstić information content (AvgIpc) is 3.11. The van der Waals surface area contributed by atoms with Crippen LogP contribution < -0.4 is 10.6 Å². The maximum absolute atomic E-state index is 4.73. The van der Waals surface area contributed by atoms with E-state index in [-0.39, 0.29) is 0 Å². The van der Waals surface area contributed by atoms with E-state index in [0.717, 1.165) is 30.8 Å². The molecule has 2 N–H and O–H groups in total. The molecule has 1 fully saturated rings. The van der Waals surface area contributed by atoms with Crippen LogP contribution in [0.15, 0.2) is 41.7 Å². The largest absolute Gasteiger partial charge is 0.357 e. The lowest BCUT2D eigenvalue weighted by Gasteiger charge is -2.11. The summed E-state index contributed by atoms with van der Waals surface area (Å²) in [5.41, 5.74) is 2.50. The summed E-state index contributed by atoms with van der Waals surface area (Å²) in [6, 6.07) is 9.21. The molecule has 2 aromatic rings. The lowest BCUT2D eigenvalue weighted by molar-refractivity contribution is 0.758. The molecule has 0 amide bonds. The molecule has 0 saturated heterocycles. The molecule has 1 heterocycles. The van der Waals surface area contributed by atoms with Gasteiger partial charge < -0.3 is 15.2 Å². The molecular formula is C19H27N5. The molecule has 3 rings (SSSR count). The summed E-state index contributed by atoms with van der Waals surface area (Å²) in [6.45, 7) is 8.81. The molecule has 0 spiro atoms. The predicted molar refractivity (Wildman–Crippen MR) is 98.0 cm³/mol. The third-order valence-corrected chi connectivity index (χ3v) is 4.46. The Labute approximate surface area is 144 Å². The van der Waals surface area contributed by atoms with Crippen molar-refractivity contribution in [1.29, 1.82) is 0 Å². The highest BCUT2D eigenvalue weighted by Crippen LogP contribution is 2.28. The number of hydrogen-bond donors (Lipinski definition) is 2. The van der Waals surface area contributed by atoms with Gasteiger partial charge in [-0.15, -0.1) is 0 Å². The Kier molecular flexibility index (Phi) is 5.18. The number of hydrogen-bond acceptors (Lipinski definition) is 2. The van der Waals surface area contributed by atoms with Crippen molar-refractivity contribution >= 4 is 5.96 Å². The standard InChI is InChI=1S/C19H27N5/c1-4-20-19(23-18-10-14(18)2)22-12-16-6-5-7-17(11-16)13-24-9-8-21-15(24)3/h5-9,11,14,18H,4,10,12-13H2,1-3H3,(H2,20,22,23). The van der Waals surface area contributed by atoms with Gasteiger partial charge in [0, 0.05) is 31.5 Å². The van der Waals surface area contributed by atoms with Crippen molar-refractivity contribution in [2.75, 3.05) is 6.54 Å². The first-order valence-electron chi connectivity index (χ1n) is 8.76. The van der Waals surface area contributed by atoms with Crippen molar-refractivity contribution in [2.45, 2.75) is 46.3 Å². The van der Waals surface area contributed by atoms with E-state index in [1.165, 1.54) is 17.5 Å². The Bertz CT molecular complexity index is 703. The number of rotatable bonds is 6. The number of benzene rings is 1. The third-order valence-electron chi connectivity index (χ3n) is 4.46. The molecule has 1 aromatic heterocycles. The van der Waals surface area contributed by atoms with Gasteiger partial charge in [-0.2, -0.15) is 0 Å². The molecule has 0 radical (unpaired) electrons. The molecule has 1 saturated carbocycles. The van der Waals surface area contributed by atoms with E-state index in [2.05, 4.69) is 58.3 Å². The van der Waals surface area contributed by atoms with E-state index in [4.69, 9.17) is 4.99 Å². The van der Waals surface area contributed by atoms with Crippen LogP contribution in [0.1, 0.15) is 37.2 Å². The molecule has 1 aliphatic carbocycles. The van der Waals surface area contributed by atoms with Crippen molar-refractivity contribution in [1.82, 2.24) is 20.2 Å². The number of nitrogens with zero attached hydrogens (tertiary/aromatic N) is 3. The molecule has 5 nitrogen and oxygen atoms in total. The van der Waals surface area contributed by atoms with Crippen LogP contribution in [0.2, 0.25) is 0 Å². The van der Waals surface area contributed by atoms with Crippen molar-refractivity contribution in [3.63, 3.8) is 0 Å². The van der Waals surface area contributed by atoms with Crippen LogP contribution in [0.3, 0.4) is 0 Å². The van der Waals surface area contributed by atoms with Crippen molar-refractivity contribution < 1.29 is 0 Å². The van der Waals surface area contributed by atoms with Gasteiger partial charge in [-0.3, -0.25) is 0 Å². The summed E-state index contributed by atoms with van der Waals surface area (Å²) in [5.74, 6) is 2.72. The summed E-state index contributed by atoms with van der Waals surface area (Å²) >= 11 is 0. The third kappa shape index (κ3) is 4.37. The first-order chi connectivity index (χ1) is 11.7. The van der Waals surface area contributed by atoms with E-state index >= 15 is 0 Å². The molecule has 24 heavy (non-hydrogen) atoms. The Morgan fingerprint density at radius 2 is 2.17 bits per heavy atom. The number of aliphatic imine (C=N–C) groups is 1. The minimum Gasteiger partial charge on any atom is -0.357 e. The summed E-state index contributed by atoms with van der Waals surface area (Å²) in [6.07, 6.45) is 5.10. The van der Waals surface area contributed by atoms with Crippen LogP contribution in [0, 0.1) is 12.8 Å². The first kappa shape index (κ1) is 16.6. The smallest absolute Gasteiger partial charge is 0.191 e. The van der Waals surface area contributed by atoms with E-state index in [0.29, 0.717) is 12.6 Å². The van der Waals surface area contributed by atoms with E-state index in [1.54, 1.807) is 0 Å². The molecule has 5 heteroatoms. The topological polar surface area (TPSA) is 54.2 Å². The number of aromatic nitrogens is 2. The average molecular weight is 325 g/mol. The van der Waals surface area contributed by atoms with Crippen LogP contribution in [0.4, 0.5) is 0 Å². The normalized spacial score (nSPS) is 20.0. The Morgan fingerprint density at radius 1 is 1.38 bits per heavy atom. The van der Waals surface area contributed by atoms with Gasteiger partial charge in [0.25, 0.3) is 0 Å². The number of imidazole rings is 1. The van der Waals surface area contributed by atoms with Gasteiger partial charge in [0.1, 0.15) is 5.82 Å². The van der Waals surface area contributed by atoms with Gasteiger partial charge in [0.05, 0.1) is 6.54 Å². The molecule has 0 bridgehead atoms. The Hall–Kier alpha value is -2.30. The van der Waals surface area contributed by atoms with Crippen LogP contribution in [-0.4, -0.2) is 28.1 Å². The lowest BCUT2D eigenvalue weighted by Crippen LogP contribution is -2.39. The lowest BCUT2D eigenvalue weighted by atomic mass is 10.1. The minimum absolute atomic E-state index is 0.582. The Balaban J connectivity index is 1.64. The Morgan fingerprint density at radius 3 is 2.83 bits per heavy atom. The fourth-order valence-corrected chi connectivity index (χ4v) is 2.78. The van der Waals surface area contributed by atoms with Gasteiger partial charge in [0.2, 0.25) is 0 Å². The van der Waals surface area contributed by atoms with E-state index in [1.807, 2.05) is 19.3 Å². The van der Waals surface area contributed by atoms with Crippen molar-refractivity contribution in [3.05, 3.63) is 53.6 Å². The second-order valence-electron chi connectivity index (χ2n) is 6.58. The quantitative estimate of drug-likeness (QED) is 0.634. The highest BCUT2D eigenvalue weighted by molar-refractivity contribution is 5.80. The molecular weight excluding hydrogens is 298 g/mol. The minimum atomic E-state index is 0.582.